The van der Waals surface area contributed by atoms with Crippen molar-refractivity contribution >= 4 is 61.4 Å². The van der Waals surface area contributed by atoms with Crippen LogP contribution >= 0.6 is 34.4 Å². The van der Waals surface area contributed by atoms with Crippen molar-refractivity contribution in [2.45, 2.75) is 38.5 Å². The van der Waals surface area contributed by atoms with Crippen molar-refractivity contribution in [1.82, 2.24) is 15.0 Å². The summed E-state index contributed by atoms with van der Waals surface area (Å²) < 4.78 is 27.6. The van der Waals surface area contributed by atoms with Crippen molar-refractivity contribution in [2.75, 3.05) is 4.90 Å². The Kier molecular flexibility index (Phi) is 6.05. The summed E-state index contributed by atoms with van der Waals surface area (Å²) in [5.74, 6) is -0.676. The van der Waals surface area contributed by atoms with Gasteiger partial charge in [-0.25, -0.2) is 23.7 Å². The second-order valence-corrected chi connectivity index (χ2v) is 9.90. The highest BCUT2D eigenvalue weighted by Gasteiger charge is 2.22. The maximum Gasteiger partial charge on any atom is 0.230 e. The molecule has 160 valence electrons. The van der Waals surface area contributed by atoms with Crippen molar-refractivity contribution in [1.29, 1.82) is 0 Å². The molecule has 5 nitrogen and oxygen atoms in total. The Balaban J connectivity index is 1.61. The highest BCUT2D eigenvalue weighted by Crippen LogP contribution is 2.37. The molecule has 0 unspecified atom stereocenters. The van der Waals surface area contributed by atoms with Gasteiger partial charge in [0.2, 0.25) is 5.91 Å². The number of carbonyl (C=O) groups is 1. The van der Waals surface area contributed by atoms with E-state index in [0.29, 0.717) is 16.7 Å². The number of fused-ring (bicyclic) bond motifs is 1. The molecule has 0 atom stereocenters. The molecule has 3 heterocycles. The predicted octanol–water partition coefficient (Wildman–Crippen LogP) is 6.33. The first-order valence-electron chi connectivity index (χ1n) is 9.32. The summed E-state index contributed by atoms with van der Waals surface area (Å²) >= 11 is 4.44. The van der Waals surface area contributed by atoms with Gasteiger partial charge in [-0.1, -0.05) is 11.8 Å². The smallest absolute Gasteiger partial charge is 0.230 e. The van der Waals surface area contributed by atoms with E-state index in [2.05, 4.69) is 28.8 Å². The van der Waals surface area contributed by atoms with Gasteiger partial charge in [-0.3, -0.25) is 9.69 Å². The Bertz CT molecular complexity index is 1300. The van der Waals surface area contributed by atoms with Gasteiger partial charge in [0.1, 0.15) is 27.3 Å². The average molecular weight is 477 g/mol. The van der Waals surface area contributed by atoms with Crippen molar-refractivity contribution < 1.29 is 13.6 Å². The molecule has 0 radical (unpaired) electrons. The van der Waals surface area contributed by atoms with Gasteiger partial charge in [0, 0.05) is 34.4 Å². The molecule has 0 saturated carbocycles. The Morgan fingerprint density at radius 2 is 1.94 bits per heavy atom. The molecule has 0 bridgehead atoms. The Morgan fingerprint density at radius 3 is 2.65 bits per heavy atom. The van der Waals surface area contributed by atoms with Crippen LogP contribution in [0.4, 0.5) is 19.6 Å². The molecule has 3 aromatic heterocycles. The van der Waals surface area contributed by atoms with E-state index in [1.54, 1.807) is 23.1 Å². The molecule has 0 aliphatic carbocycles. The van der Waals surface area contributed by atoms with Crippen LogP contribution in [0, 0.1) is 32.4 Å². The van der Waals surface area contributed by atoms with Crippen LogP contribution in [0.2, 0.25) is 0 Å². The van der Waals surface area contributed by atoms with E-state index < -0.39 is 17.5 Å². The van der Waals surface area contributed by atoms with E-state index in [4.69, 9.17) is 0 Å². The van der Waals surface area contributed by atoms with E-state index in [1.165, 1.54) is 34.8 Å². The number of aromatic nitrogens is 3. The molecule has 10 heteroatoms. The molecule has 0 aliphatic rings. The van der Waals surface area contributed by atoms with Gasteiger partial charge in [0.05, 0.1) is 11.4 Å². The Hall–Kier alpha value is -2.43. The normalized spacial score (nSPS) is 11.3. The van der Waals surface area contributed by atoms with Gasteiger partial charge in [-0.15, -0.1) is 22.7 Å². The summed E-state index contributed by atoms with van der Waals surface area (Å²) in [5.41, 5.74) is 1.89. The second kappa shape index (κ2) is 8.60. The van der Waals surface area contributed by atoms with Crippen LogP contribution in [0.1, 0.15) is 28.9 Å². The third-order valence-electron chi connectivity index (χ3n) is 4.66. The number of benzene rings is 1. The summed E-state index contributed by atoms with van der Waals surface area (Å²) in [7, 11) is 0. The van der Waals surface area contributed by atoms with Crippen LogP contribution in [0.15, 0.2) is 28.6 Å². The van der Waals surface area contributed by atoms with Crippen LogP contribution in [-0.2, 0) is 10.5 Å². The molecule has 0 saturated heterocycles. The highest BCUT2D eigenvalue weighted by atomic mass is 32.2. The molecule has 0 spiro atoms. The summed E-state index contributed by atoms with van der Waals surface area (Å²) in [6.45, 7) is 7.33. The molecule has 4 aromatic rings. The van der Waals surface area contributed by atoms with Crippen molar-refractivity contribution in [3.63, 3.8) is 0 Å². The minimum absolute atomic E-state index is 0.0278. The number of anilines is 2. The number of rotatable bonds is 5. The number of hydrogen-bond acceptors (Lipinski definition) is 7. The molecule has 1 aromatic carbocycles. The second-order valence-electron chi connectivity index (χ2n) is 6.90. The van der Waals surface area contributed by atoms with Crippen molar-refractivity contribution in [3.8, 4) is 0 Å². The van der Waals surface area contributed by atoms with Crippen LogP contribution in [-0.4, -0.2) is 20.9 Å². The zero-order valence-corrected chi connectivity index (χ0v) is 19.6. The minimum atomic E-state index is -0.816. The van der Waals surface area contributed by atoms with Crippen molar-refractivity contribution in [3.05, 3.63) is 57.2 Å². The third kappa shape index (κ3) is 4.32. The number of thioether (sulfide) groups is 1. The summed E-state index contributed by atoms with van der Waals surface area (Å²) in [4.78, 5) is 29.2. The summed E-state index contributed by atoms with van der Waals surface area (Å²) in [5, 5.41) is 4.12. The lowest BCUT2D eigenvalue weighted by Gasteiger charge is -2.18. The molecule has 0 fully saturated rings. The lowest BCUT2D eigenvalue weighted by molar-refractivity contribution is -0.115. The van der Waals surface area contributed by atoms with Crippen molar-refractivity contribution in [2.24, 2.45) is 0 Å². The van der Waals surface area contributed by atoms with Crippen LogP contribution in [0.25, 0.3) is 10.2 Å². The lowest BCUT2D eigenvalue weighted by atomic mass is 10.2. The predicted molar refractivity (Wildman–Crippen MR) is 122 cm³/mol. The van der Waals surface area contributed by atoms with Crippen LogP contribution in [0.3, 0.4) is 0 Å². The SMILES string of the molecule is CC(=O)N(c1nc(CSc2nc(C)nc3sc(C)c(C)c23)cs1)c1ccc(F)cc1F. The van der Waals surface area contributed by atoms with Gasteiger partial charge in [-0.05, 0) is 38.5 Å². The standard InChI is InChI=1S/C21H18F2N4OS3/c1-10-11(2)31-20-18(10)19(24-12(3)25-20)29-8-15-9-30-21(26-15)27(13(4)28)17-6-5-14(22)7-16(17)23/h5-7,9H,8H2,1-4H3. The van der Waals surface area contributed by atoms with E-state index >= 15 is 0 Å². The first-order chi connectivity index (χ1) is 14.7. The highest BCUT2D eigenvalue weighted by molar-refractivity contribution is 7.98. The molecular formula is C21H18F2N4OS3. The number of nitrogens with zero attached hydrogens (tertiary/aromatic N) is 4. The third-order valence-corrected chi connectivity index (χ3v) is 7.65. The largest absolute Gasteiger partial charge is 0.274 e. The fraction of sp³-hybridized carbons (Fsp3) is 0.238. The number of carbonyl (C=O) groups excluding carboxylic acids is 1. The fourth-order valence-corrected chi connectivity index (χ4v) is 6.24. The van der Waals surface area contributed by atoms with E-state index in [-0.39, 0.29) is 5.69 Å². The van der Waals surface area contributed by atoms with Gasteiger partial charge >= 0.3 is 0 Å². The van der Waals surface area contributed by atoms with Gasteiger partial charge in [0.15, 0.2) is 5.13 Å². The Labute approximate surface area is 190 Å². The van der Waals surface area contributed by atoms with Crippen LogP contribution < -0.4 is 4.90 Å². The number of aryl methyl sites for hydroxylation is 3. The number of halogens is 2. The molecule has 0 aliphatic heterocycles. The first-order valence-corrected chi connectivity index (χ1v) is 12.0. The lowest BCUT2D eigenvalue weighted by Crippen LogP contribution is -2.23. The molecule has 4 rings (SSSR count). The fourth-order valence-electron chi connectivity index (χ4n) is 3.10. The summed E-state index contributed by atoms with van der Waals surface area (Å²) in [6.07, 6.45) is 0. The summed E-state index contributed by atoms with van der Waals surface area (Å²) in [6, 6.07) is 3.11. The number of thiophene rings is 1. The minimum Gasteiger partial charge on any atom is -0.274 e. The van der Waals surface area contributed by atoms with Gasteiger partial charge in [0.25, 0.3) is 0 Å². The van der Waals surface area contributed by atoms with E-state index in [0.717, 1.165) is 38.0 Å². The zero-order valence-electron chi connectivity index (χ0n) is 17.2. The molecule has 0 N–H and O–H groups in total. The maximum atomic E-state index is 14.3. The van der Waals surface area contributed by atoms with Gasteiger partial charge < -0.3 is 0 Å². The molecular weight excluding hydrogens is 458 g/mol. The molecule has 1 amide bonds. The van der Waals surface area contributed by atoms with Gasteiger partial charge in [-0.2, -0.15) is 0 Å². The monoisotopic (exact) mass is 476 g/mol. The van der Waals surface area contributed by atoms with Crippen LogP contribution in [0.5, 0.6) is 0 Å². The zero-order chi connectivity index (χ0) is 22.3. The topological polar surface area (TPSA) is 59.0 Å². The Morgan fingerprint density at radius 1 is 1.16 bits per heavy atom. The molecule has 31 heavy (non-hydrogen) atoms. The maximum absolute atomic E-state index is 14.3. The average Bonchev–Trinajstić information content (AvgIpc) is 3.26. The quantitative estimate of drug-likeness (QED) is 0.249. The number of amides is 1. The number of hydrogen-bond donors (Lipinski definition) is 0. The van der Waals surface area contributed by atoms with E-state index in [9.17, 15) is 13.6 Å². The first kappa shape index (κ1) is 21.8. The van der Waals surface area contributed by atoms with E-state index in [1.807, 2.05) is 12.3 Å². The number of thiazole rings is 1.